The first kappa shape index (κ1) is 27.5. The van der Waals surface area contributed by atoms with Crippen LogP contribution >= 0.6 is 0 Å². The number of aryl methyl sites for hydroxylation is 1. The monoisotopic (exact) mass is 525 g/mol. The van der Waals surface area contributed by atoms with Gasteiger partial charge in [-0.25, -0.2) is 0 Å². The Kier molecular flexibility index (Phi) is 8.42. The molecular weight excluding hydrogens is 482 g/mol. The molecule has 1 atom stereocenters. The molecule has 3 aromatic carbocycles. The van der Waals surface area contributed by atoms with Crippen LogP contribution < -0.4 is 10.1 Å². The lowest BCUT2D eigenvalue weighted by Gasteiger charge is -2.28. The third-order valence-corrected chi connectivity index (χ3v) is 8.46. The van der Waals surface area contributed by atoms with Crippen molar-refractivity contribution >= 4 is 11.6 Å². The molecule has 1 amide bonds. The summed E-state index contributed by atoms with van der Waals surface area (Å²) in [6.45, 7) is 6.53. The van der Waals surface area contributed by atoms with Gasteiger partial charge in [-0.15, -0.1) is 0 Å². The van der Waals surface area contributed by atoms with Crippen LogP contribution in [0.2, 0.25) is 0 Å². The molecule has 1 saturated carbocycles. The second-order valence-electron chi connectivity index (χ2n) is 12.5. The molecule has 206 valence electrons. The first-order valence-electron chi connectivity index (χ1n) is 14.7. The summed E-state index contributed by atoms with van der Waals surface area (Å²) in [7, 11) is 0. The Morgan fingerprint density at radius 2 is 1.59 bits per heavy atom. The summed E-state index contributed by atoms with van der Waals surface area (Å²) < 4.78 is 6.13. The summed E-state index contributed by atoms with van der Waals surface area (Å²) in [5.74, 6) is 2.23. The zero-order valence-electron chi connectivity index (χ0n) is 23.7. The molecule has 5 rings (SSSR count). The standard InChI is InChI=1S/C35H43NO3/c1-35(2,3)30-20-18-25(17-19-26(37)21-24-11-5-4-6-12-24)22-31(30)36-34(38)23-29-27-13-7-9-15-32(27)39-33-16-10-8-14-28(29)33/h7-10,13-16,18,20,22,24,26,29,37H,4-6,11-12,17,19,21,23H2,1-3H3,(H,36,38)/t26-/m1/s1. The number of aliphatic hydroxyl groups is 1. The van der Waals surface area contributed by atoms with Gasteiger partial charge in [-0.2, -0.15) is 0 Å². The quantitative estimate of drug-likeness (QED) is 0.310. The van der Waals surface area contributed by atoms with Crippen molar-refractivity contribution in [2.24, 2.45) is 5.92 Å². The second-order valence-corrected chi connectivity index (χ2v) is 12.5. The van der Waals surface area contributed by atoms with Gasteiger partial charge in [0.1, 0.15) is 11.5 Å². The fraction of sp³-hybridized carbons (Fsp3) is 0.457. The number of nitrogens with one attached hydrogen (secondary N) is 1. The number of hydrogen-bond acceptors (Lipinski definition) is 3. The van der Waals surface area contributed by atoms with Gasteiger partial charge >= 0.3 is 0 Å². The lowest BCUT2D eigenvalue weighted by atomic mass is 9.83. The highest BCUT2D eigenvalue weighted by Crippen LogP contribution is 2.45. The summed E-state index contributed by atoms with van der Waals surface area (Å²) in [6, 6.07) is 22.4. The fourth-order valence-corrected chi connectivity index (χ4v) is 6.38. The van der Waals surface area contributed by atoms with Crippen LogP contribution in [0.25, 0.3) is 0 Å². The largest absolute Gasteiger partial charge is 0.457 e. The van der Waals surface area contributed by atoms with Gasteiger partial charge in [0, 0.05) is 29.2 Å². The number of amides is 1. The van der Waals surface area contributed by atoms with Crippen LogP contribution in [0.15, 0.2) is 66.7 Å². The van der Waals surface area contributed by atoms with Gasteiger partial charge in [0.25, 0.3) is 0 Å². The number of benzene rings is 3. The number of para-hydroxylation sites is 2. The number of aliphatic hydroxyl groups excluding tert-OH is 1. The van der Waals surface area contributed by atoms with Crippen molar-refractivity contribution in [3.8, 4) is 11.5 Å². The van der Waals surface area contributed by atoms with E-state index in [4.69, 9.17) is 4.74 Å². The van der Waals surface area contributed by atoms with Crippen molar-refractivity contribution in [1.29, 1.82) is 0 Å². The van der Waals surface area contributed by atoms with Gasteiger partial charge in [0.15, 0.2) is 0 Å². The Morgan fingerprint density at radius 1 is 0.949 bits per heavy atom. The van der Waals surface area contributed by atoms with Crippen LogP contribution in [0.1, 0.15) is 100 Å². The Balaban J connectivity index is 1.31. The molecule has 4 nitrogen and oxygen atoms in total. The molecule has 39 heavy (non-hydrogen) atoms. The molecule has 0 bridgehead atoms. The number of ether oxygens (including phenoxy) is 1. The van der Waals surface area contributed by atoms with E-state index in [9.17, 15) is 9.90 Å². The topological polar surface area (TPSA) is 58.6 Å². The highest BCUT2D eigenvalue weighted by molar-refractivity contribution is 5.93. The number of hydrogen-bond donors (Lipinski definition) is 2. The lowest BCUT2D eigenvalue weighted by Crippen LogP contribution is -2.22. The van der Waals surface area contributed by atoms with Crippen LogP contribution in [-0.2, 0) is 16.6 Å². The Labute approximate surface area is 233 Å². The van der Waals surface area contributed by atoms with Gasteiger partial charge in [0.2, 0.25) is 5.91 Å². The molecule has 1 fully saturated rings. The molecule has 2 aliphatic rings. The van der Waals surface area contributed by atoms with E-state index in [0.717, 1.165) is 58.7 Å². The average Bonchev–Trinajstić information content (AvgIpc) is 2.92. The van der Waals surface area contributed by atoms with Crippen LogP contribution in [0, 0.1) is 5.92 Å². The molecule has 1 aliphatic carbocycles. The van der Waals surface area contributed by atoms with E-state index in [-0.39, 0.29) is 23.3 Å². The first-order valence-corrected chi connectivity index (χ1v) is 14.7. The predicted octanol–water partition coefficient (Wildman–Crippen LogP) is 8.51. The highest BCUT2D eigenvalue weighted by Gasteiger charge is 2.29. The summed E-state index contributed by atoms with van der Waals surface area (Å²) in [5.41, 5.74) is 5.13. The van der Waals surface area contributed by atoms with Crippen molar-refractivity contribution in [2.75, 3.05) is 5.32 Å². The maximum absolute atomic E-state index is 13.6. The number of carbonyl (C=O) groups excluding carboxylic acids is 1. The van der Waals surface area contributed by atoms with Crippen LogP contribution in [0.4, 0.5) is 5.69 Å². The molecule has 0 aromatic heterocycles. The minimum atomic E-state index is -0.262. The van der Waals surface area contributed by atoms with Crippen LogP contribution in [0.3, 0.4) is 0 Å². The molecule has 1 heterocycles. The van der Waals surface area contributed by atoms with Gasteiger partial charge in [-0.3, -0.25) is 4.79 Å². The fourth-order valence-electron chi connectivity index (χ4n) is 6.38. The zero-order chi connectivity index (χ0) is 27.4. The maximum Gasteiger partial charge on any atom is 0.225 e. The Hall–Kier alpha value is -3.11. The SMILES string of the molecule is CC(C)(C)c1ccc(CC[C@@H](O)CC2CCCCC2)cc1NC(=O)CC1c2ccccc2Oc2ccccc21. The minimum absolute atomic E-state index is 0.00788. The number of rotatable bonds is 8. The molecule has 0 radical (unpaired) electrons. The van der Waals surface area contributed by atoms with Gasteiger partial charge in [0.05, 0.1) is 6.10 Å². The third kappa shape index (κ3) is 6.73. The van der Waals surface area contributed by atoms with Crippen molar-refractivity contribution in [3.05, 3.63) is 89.0 Å². The first-order chi connectivity index (χ1) is 18.8. The second kappa shape index (κ2) is 12.0. The maximum atomic E-state index is 13.6. The van der Waals surface area contributed by atoms with E-state index in [0.29, 0.717) is 12.3 Å². The minimum Gasteiger partial charge on any atom is -0.457 e. The average molecular weight is 526 g/mol. The molecule has 4 heteroatoms. The normalized spacial score (nSPS) is 16.6. The smallest absolute Gasteiger partial charge is 0.225 e. The summed E-state index contributed by atoms with van der Waals surface area (Å²) >= 11 is 0. The summed E-state index contributed by atoms with van der Waals surface area (Å²) in [5, 5.41) is 14.0. The Morgan fingerprint density at radius 3 is 2.23 bits per heavy atom. The van der Waals surface area contributed by atoms with Crippen molar-refractivity contribution < 1.29 is 14.6 Å². The van der Waals surface area contributed by atoms with Crippen molar-refractivity contribution in [1.82, 2.24) is 0 Å². The van der Waals surface area contributed by atoms with E-state index in [2.05, 4.69) is 56.4 Å². The highest BCUT2D eigenvalue weighted by atomic mass is 16.5. The summed E-state index contributed by atoms with van der Waals surface area (Å²) in [6.07, 6.45) is 9.03. The van der Waals surface area contributed by atoms with Gasteiger partial charge in [-0.1, -0.05) is 101 Å². The van der Waals surface area contributed by atoms with Crippen molar-refractivity contribution in [3.63, 3.8) is 0 Å². The lowest BCUT2D eigenvalue weighted by molar-refractivity contribution is -0.116. The molecule has 0 saturated heterocycles. The number of anilines is 1. The van der Waals surface area contributed by atoms with Gasteiger partial charge < -0.3 is 15.2 Å². The van der Waals surface area contributed by atoms with E-state index >= 15 is 0 Å². The molecule has 1 aliphatic heterocycles. The summed E-state index contributed by atoms with van der Waals surface area (Å²) in [4.78, 5) is 13.6. The Bertz CT molecular complexity index is 1240. The van der Waals surface area contributed by atoms with E-state index in [1.165, 1.54) is 32.1 Å². The number of fused-ring (bicyclic) bond motifs is 2. The number of carbonyl (C=O) groups is 1. The van der Waals surface area contributed by atoms with Crippen LogP contribution in [0.5, 0.6) is 11.5 Å². The third-order valence-electron chi connectivity index (χ3n) is 8.46. The van der Waals surface area contributed by atoms with Crippen LogP contribution in [-0.4, -0.2) is 17.1 Å². The van der Waals surface area contributed by atoms with E-state index in [1.54, 1.807) is 0 Å². The molecule has 3 aromatic rings. The molecule has 2 N–H and O–H groups in total. The van der Waals surface area contributed by atoms with E-state index in [1.807, 2.05) is 36.4 Å². The molecule has 0 unspecified atom stereocenters. The van der Waals surface area contributed by atoms with Crippen molar-refractivity contribution in [2.45, 2.75) is 96.0 Å². The molecule has 0 spiro atoms. The zero-order valence-corrected chi connectivity index (χ0v) is 23.7. The van der Waals surface area contributed by atoms with E-state index < -0.39 is 0 Å². The predicted molar refractivity (Wildman–Crippen MR) is 159 cm³/mol. The van der Waals surface area contributed by atoms with Gasteiger partial charge in [-0.05, 0) is 59.9 Å². The molecular formula is C35H43NO3.